The summed E-state index contributed by atoms with van der Waals surface area (Å²) in [5, 5.41) is 3.44. The summed E-state index contributed by atoms with van der Waals surface area (Å²) in [4.78, 5) is 2.45. The van der Waals surface area contributed by atoms with Crippen LogP contribution in [0.1, 0.15) is 26.2 Å². The third kappa shape index (κ3) is 3.95. The van der Waals surface area contributed by atoms with Crippen molar-refractivity contribution in [3.05, 3.63) is 0 Å². The molecule has 3 nitrogen and oxygen atoms in total. The van der Waals surface area contributed by atoms with E-state index in [-0.39, 0.29) is 0 Å². The number of rotatable bonds is 4. The lowest BCUT2D eigenvalue weighted by Gasteiger charge is -2.28. The topological polar surface area (TPSA) is 24.5 Å². The lowest BCUT2D eigenvalue weighted by molar-refractivity contribution is 0.0691. The second-order valence-corrected chi connectivity index (χ2v) is 4.32. The molecule has 1 aliphatic heterocycles. The Morgan fingerprint density at radius 3 is 2.93 bits per heavy atom. The summed E-state index contributed by atoms with van der Waals surface area (Å²) in [6.45, 7) is 5.52. The van der Waals surface area contributed by atoms with Gasteiger partial charge in [-0.3, -0.25) is 0 Å². The number of hydrogen-bond acceptors (Lipinski definition) is 3. The van der Waals surface area contributed by atoms with Crippen LogP contribution in [0.4, 0.5) is 0 Å². The second kappa shape index (κ2) is 6.38. The van der Waals surface area contributed by atoms with Crippen molar-refractivity contribution in [3.63, 3.8) is 0 Å². The van der Waals surface area contributed by atoms with E-state index >= 15 is 0 Å². The molecule has 1 rings (SSSR count). The van der Waals surface area contributed by atoms with E-state index in [0.29, 0.717) is 6.10 Å². The van der Waals surface area contributed by atoms with Gasteiger partial charge in [0.1, 0.15) is 0 Å². The van der Waals surface area contributed by atoms with Crippen molar-refractivity contribution in [2.45, 2.75) is 38.3 Å². The Balaban J connectivity index is 2.30. The third-order valence-corrected chi connectivity index (χ3v) is 3.12. The monoisotopic (exact) mass is 200 g/mol. The van der Waals surface area contributed by atoms with Crippen molar-refractivity contribution in [3.8, 4) is 0 Å². The fourth-order valence-electron chi connectivity index (χ4n) is 2.07. The molecule has 1 aliphatic rings. The number of hydrogen-bond donors (Lipinski definition) is 1. The van der Waals surface area contributed by atoms with Gasteiger partial charge in [-0.05, 0) is 46.3 Å². The Morgan fingerprint density at radius 2 is 2.21 bits per heavy atom. The van der Waals surface area contributed by atoms with Gasteiger partial charge in [-0.25, -0.2) is 0 Å². The molecule has 0 bridgehead atoms. The van der Waals surface area contributed by atoms with Crippen molar-refractivity contribution in [2.24, 2.45) is 0 Å². The molecule has 0 aliphatic carbocycles. The van der Waals surface area contributed by atoms with Gasteiger partial charge in [-0.2, -0.15) is 0 Å². The Morgan fingerprint density at radius 1 is 1.43 bits per heavy atom. The summed E-state index contributed by atoms with van der Waals surface area (Å²) in [6.07, 6.45) is 4.24. The first-order chi connectivity index (χ1) is 6.74. The van der Waals surface area contributed by atoms with Crippen LogP contribution in [0.15, 0.2) is 0 Å². The van der Waals surface area contributed by atoms with E-state index < -0.39 is 0 Å². The Labute approximate surface area is 87.8 Å². The molecule has 1 heterocycles. The predicted molar refractivity (Wildman–Crippen MR) is 59.6 cm³/mol. The van der Waals surface area contributed by atoms with Gasteiger partial charge in [0.05, 0.1) is 6.10 Å². The standard InChI is InChI=1S/C11H24N2O/c1-10(14-3)9-13(2)11-5-4-7-12-8-6-11/h10-12H,4-9H2,1-3H3. The molecular formula is C11H24N2O. The molecule has 3 heteroatoms. The highest BCUT2D eigenvalue weighted by molar-refractivity contribution is 4.75. The summed E-state index contributed by atoms with van der Waals surface area (Å²) in [5.41, 5.74) is 0. The Kier molecular flexibility index (Phi) is 5.45. The van der Waals surface area contributed by atoms with E-state index in [1.54, 1.807) is 7.11 Å². The van der Waals surface area contributed by atoms with Crippen LogP contribution in [0.5, 0.6) is 0 Å². The van der Waals surface area contributed by atoms with Crippen LogP contribution in [0.2, 0.25) is 0 Å². The van der Waals surface area contributed by atoms with Gasteiger partial charge in [0, 0.05) is 19.7 Å². The smallest absolute Gasteiger partial charge is 0.0670 e. The number of nitrogens with one attached hydrogen (secondary N) is 1. The number of nitrogens with zero attached hydrogens (tertiary/aromatic N) is 1. The zero-order valence-corrected chi connectivity index (χ0v) is 9.75. The average Bonchev–Trinajstić information content (AvgIpc) is 2.45. The summed E-state index contributed by atoms with van der Waals surface area (Å²) in [6, 6.07) is 0.739. The zero-order valence-electron chi connectivity index (χ0n) is 9.75. The van der Waals surface area contributed by atoms with Crippen molar-refractivity contribution < 1.29 is 4.74 Å². The molecule has 0 aromatic rings. The first-order valence-electron chi connectivity index (χ1n) is 5.67. The number of methoxy groups -OCH3 is 1. The molecule has 2 unspecified atom stereocenters. The highest BCUT2D eigenvalue weighted by Gasteiger charge is 2.17. The summed E-state index contributed by atoms with van der Waals surface area (Å²) >= 11 is 0. The molecule has 0 amide bonds. The maximum atomic E-state index is 5.29. The summed E-state index contributed by atoms with van der Waals surface area (Å²) in [7, 11) is 4.00. The van der Waals surface area contributed by atoms with Gasteiger partial charge in [-0.1, -0.05) is 0 Å². The van der Waals surface area contributed by atoms with Gasteiger partial charge < -0.3 is 15.0 Å². The van der Waals surface area contributed by atoms with Crippen molar-refractivity contribution in [2.75, 3.05) is 33.8 Å². The van der Waals surface area contributed by atoms with Crippen LogP contribution in [-0.2, 0) is 4.74 Å². The molecule has 1 N–H and O–H groups in total. The van der Waals surface area contributed by atoms with Crippen molar-refractivity contribution in [1.82, 2.24) is 10.2 Å². The van der Waals surface area contributed by atoms with Gasteiger partial charge in [-0.15, -0.1) is 0 Å². The fraction of sp³-hybridized carbons (Fsp3) is 1.00. The van der Waals surface area contributed by atoms with Gasteiger partial charge in [0.25, 0.3) is 0 Å². The molecule has 0 radical (unpaired) electrons. The van der Waals surface area contributed by atoms with Crippen LogP contribution in [-0.4, -0.2) is 50.8 Å². The van der Waals surface area contributed by atoms with Gasteiger partial charge in [0.2, 0.25) is 0 Å². The van der Waals surface area contributed by atoms with E-state index in [1.165, 1.54) is 25.8 Å². The van der Waals surface area contributed by atoms with Crippen LogP contribution in [0.3, 0.4) is 0 Å². The maximum Gasteiger partial charge on any atom is 0.0670 e. The van der Waals surface area contributed by atoms with Crippen LogP contribution in [0, 0.1) is 0 Å². The molecule has 0 aromatic heterocycles. The first kappa shape index (κ1) is 12.0. The van der Waals surface area contributed by atoms with E-state index in [2.05, 4.69) is 24.2 Å². The highest BCUT2D eigenvalue weighted by Crippen LogP contribution is 2.12. The normalized spacial score (nSPS) is 26.1. The lowest BCUT2D eigenvalue weighted by Crippen LogP contribution is -2.37. The van der Waals surface area contributed by atoms with Crippen molar-refractivity contribution in [1.29, 1.82) is 0 Å². The van der Waals surface area contributed by atoms with Crippen LogP contribution in [0.25, 0.3) is 0 Å². The molecule has 0 saturated carbocycles. The van der Waals surface area contributed by atoms with E-state index in [0.717, 1.165) is 19.1 Å². The van der Waals surface area contributed by atoms with E-state index in [4.69, 9.17) is 4.74 Å². The summed E-state index contributed by atoms with van der Waals surface area (Å²) in [5.74, 6) is 0. The predicted octanol–water partition coefficient (Wildman–Crippen LogP) is 1.10. The quantitative estimate of drug-likeness (QED) is 0.735. The highest BCUT2D eigenvalue weighted by atomic mass is 16.5. The maximum absolute atomic E-state index is 5.29. The lowest BCUT2D eigenvalue weighted by atomic mass is 10.1. The number of ether oxygens (including phenoxy) is 1. The van der Waals surface area contributed by atoms with Crippen LogP contribution >= 0.6 is 0 Å². The third-order valence-electron chi connectivity index (χ3n) is 3.12. The molecule has 2 atom stereocenters. The minimum Gasteiger partial charge on any atom is -0.380 e. The van der Waals surface area contributed by atoms with Crippen molar-refractivity contribution >= 4 is 0 Å². The van der Waals surface area contributed by atoms with Gasteiger partial charge >= 0.3 is 0 Å². The molecule has 1 saturated heterocycles. The Hall–Kier alpha value is -0.120. The summed E-state index contributed by atoms with van der Waals surface area (Å²) < 4.78 is 5.29. The SMILES string of the molecule is COC(C)CN(C)C1CCCNCC1. The van der Waals surface area contributed by atoms with Gasteiger partial charge in [0.15, 0.2) is 0 Å². The molecule has 14 heavy (non-hydrogen) atoms. The van der Waals surface area contributed by atoms with E-state index in [9.17, 15) is 0 Å². The largest absolute Gasteiger partial charge is 0.380 e. The molecule has 1 fully saturated rings. The second-order valence-electron chi connectivity index (χ2n) is 4.32. The first-order valence-corrected chi connectivity index (χ1v) is 5.67. The fourth-order valence-corrected chi connectivity index (χ4v) is 2.07. The van der Waals surface area contributed by atoms with Crippen LogP contribution < -0.4 is 5.32 Å². The molecular weight excluding hydrogens is 176 g/mol. The number of likely N-dealkylation sites (N-methyl/N-ethyl adjacent to an activating group) is 1. The average molecular weight is 200 g/mol. The molecule has 0 spiro atoms. The van der Waals surface area contributed by atoms with E-state index in [1.807, 2.05) is 0 Å². The zero-order chi connectivity index (χ0) is 10.4. The minimum atomic E-state index is 0.344. The molecule has 84 valence electrons. The minimum absolute atomic E-state index is 0.344. The molecule has 0 aromatic carbocycles. The Bertz CT molecular complexity index is 144.